The third-order valence-electron chi connectivity index (χ3n) is 3.68. The van der Waals surface area contributed by atoms with E-state index in [1.165, 1.54) is 51.0 Å². The molecule has 0 bridgehead atoms. The highest BCUT2D eigenvalue weighted by atomic mass is 15.1. The van der Waals surface area contributed by atoms with Gasteiger partial charge >= 0.3 is 0 Å². The Balaban J connectivity index is 1.81. The maximum atomic E-state index is 4.48. The lowest BCUT2D eigenvalue weighted by molar-refractivity contribution is -0.905. The molecule has 0 amide bonds. The van der Waals surface area contributed by atoms with Gasteiger partial charge in [0.1, 0.15) is 0 Å². The molecule has 1 aliphatic heterocycles. The molecule has 2 rings (SSSR count). The molecule has 1 aliphatic rings. The Hall–Kier alpha value is -0.890. The summed E-state index contributed by atoms with van der Waals surface area (Å²) in [5.41, 5.74) is 1.30. The molecule has 16 heavy (non-hydrogen) atoms. The van der Waals surface area contributed by atoms with Crippen LogP contribution in [0.2, 0.25) is 0 Å². The second-order valence-electron chi connectivity index (χ2n) is 4.88. The second kappa shape index (κ2) is 6.00. The quantitative estimate of drug-likeness (QED) is 0.815. The van der Waals surface area contributed by atoms with Crippen molar-refractivity contribution in [2.24, 2.45) is 0 Å². The predicted octanol–water partition coefficient (Wildman–Crippen LogP) is 1.64. The fraction of sp³-hybridized carbons (Fsp3) is 0.643. The zero-order valence-corrected chi connectivity index (χ0v) is 10.3. The molecule has 0 aromatic carbocycles. The minimum atomic E-state index is 0.714. The molecule has 88 valence electrons. The van der Waals surface area contributed by atoms with E-state index in [9.17, 15) is 0 Å². The number of pyridine rings is 1. The smallest absolute Gasteiger partial charge is 0.0777 e. The zero-order chi connectivity index (χ0) is 11.2. The van der Waals surface area contributed by atoms with Crippen LogP contribution in [-0.2, 0) is 0 Å². The SMILES string of the molecule is CCCC[NH+]1CCC(c2ccccn2)CC1. The first kappa shape index (κ1) is 11.6. The van der Waals surface area contributed by atoms with Crippen LogP contribution in [0.3, 0.4) is 0 Å². The van der Waals surface area contributed by atoms with Gasteiger partial charge in [0.25, 0.3) is 0 Å². The molecule has 0 spiro atoms. The van der Waals surface area contributed by atoms with Crippen LogP contribution in [0.5, 0.6) is 0 Å². The van der Waals surface area contributed by atoms with Crippen LogP contribution < -0.4 is 4.90 Å². The number of rotatable bonds is 4. The van der Waals surface area contributed by atoms with E-state index >= 15 is 0 Å². The number of likely N-dealkylation sites (tertiary alicyclic amines) is 1. The molecule has 1 N–H and O–H groups in total. The highest BCUT2D eigenvalue weighted by Crippen LogP contribution is 2.21. The number of unbranched alkanes of at least 4 members (excludes halogenated alkanes) is 1. The van der Waals surface area contributed by atoms with Gasteiger partial charge in [-0.3, -0.25) is 4.98 Å². The Labute approximate surface area is 98.7 Å². The first-order valence-electron chi connectivity index (χ1n) is 6.64. The molecule has 2 heteroatoms. The van der Waals surface area contributed by atoms with Crippen LogP contribution in [0.1, 0.15) is 44.2 Å². The lowest BCUT2D eigenvalue weighted by Gasteiger charge is -2.28. The summed E-state index contributed by atoms with van der Waals surface area (Å²) in [4.78, 5) is 6.28. The van der Waals surface area contributed by atoms with Crippen LogP contribution in [-0.4, -0.2) is 24.6 Å². The highest BCUT2D eigenvalue weighted by molar-refractivity contribution is 5.09. The minimum Gasteiger partial charge on any atom is -0.335 e. The van der Waals surface area contributed by atoms with Crippen molar-refractivity contribution in [3.05, 3.63) is 30.1 Å². The lowest BCUT2D eigenvalue weighted by Crippen LogP contribution is -3.13. The third kappa shape index (κ3) is 3.05. The van der Waals surface area contributed by atoms with E-state index in [0.717, 1.165) is 0 Å². The van der Waals surface area contributed by atoms with Crippen molar-refractivity contribution in [3.8, 4) is 0 Å². The first-order chi connectivity index (χ1) is 7.90. The fourth-order valence-electron chi connectivity index (χ4n) is 2.62. The Kier molecular flexibility index (Phi) is 4.34. The Morgan fingerprint density at radius 2 is 2.12 bits per heavy atom. The minimum absolute atomic E-state index is 0.714. The normalized spacial score (nSPS) is 25.6. The molecular formula is C14H23N2+. The van der Waals surface area contributed by atoms with Crippen molar-refractivity contribution < 1.29 is 4.90 Å². The van der Waals surface area contributed by atoms with Crippen molar-refractivity contribution in [2.45, 2.75) is 38.5 Å². The number of aromatic nitrogens is 1. The van der Waals surface area contributed by atoms with E-state index < -0.39 is 0 Å². The van der Waals surface area contributed by atoms with Gasteiger partial charge < -0.3 is 4.90 Å². The van der Waals surface area contributed by atoms with Crippen LogP contribution >= 0.6 is 0 Å². The molecule has 0 aliphatic carbocycles. The molecule has 0 radical (unpaired) electrons. The van der Waals surface area contributed by atoms with Gasteiger partial charge in [-0.25, -0.2) is 0 Å². The molecule has 0 saturated carbocycles. The molecule has 0 unspecified atom stereocenters. The summed E-state index contributed by atoms with van der Waals surface area (Å²) in [7, 11) is 0. The number of nitrogens with zero attached hydrogens (tertiary/aromatic N) is 1. The van der Waals surface area contributed by atoms with Crippen molar-refractivity contribution in [3.63, 3.8) is 0 Å². The zero-order valence-electron chi connectivity index (χ0n) is 10.3. The fourth-order valence-corrected chi connectivity index (χ4v) is 2.62. The van der Waals surface area contributed by atoms with Crippen LogP contribution in [0.15, 0.2) is 24.4 Å². The second-order valence-corrected chi connectivity index (χ2v) is 4.88. The lowest BCUT2D eigenvalue weighted by atomic mass is 9.93. The van der Waals surface area contributed by atoms with Gasteiger partial charge in [-0.2, -0.15) is 0 Å². The van der Waals surface area contributed by atoms with Gasteiger partial charge in [-0.15, -0.1) is 0 Å². The summed E-state index contributed by atoms with van der Waals surface area (Å²) >= 11 is 0. The van der Waals surface area contributed by atoms with Crippen LogP contribution in [0, 0.1) is 0 Å². The van der Waals surface area contributed by atoms with Crippen molar-refractivity contribution in [2.75, 3.05) is 19.6 Å². The number of piperidine rings is 1. The Bertz CT molecular complexity index is 289. The molecule has 1 saturated heterocycles. The maximum absolute atomic E-state index is 4.48. The maximum Gasteiger partial charge on any atom is 0.0777 e. The molecule has 1 aromatic rings. The van der Waals surface area contributed by atoms with E-state index in [-0.39, 0.29) is 0 Å². The van der Waals surface area contributed by atoms with E-state index in [1.54, 1.807) is 4.90 Å². The Morgan fingerprint density at radius 1 is 1.31 bits per heavy atom. The largest absolute Gasteiger partial charge is 0.335 e. The standard InChI is InChI=1S/C14H22N2/c1-2-3-10-16-11-7-13(8-12-16)14-6-4-5-9-15-14/h4-6,9,13H,2-3,7-8,10-12H2,1H3/p+1. The van der Waals surface area contributed by atoms with E-state index in [2.05, 4.69) is 24.0 Å². The summed E-state index contributed by atoms with van der Waals surface area (Å²) in [6.45, 7) is 6.31. The van der Waals surface area contributed by atoms with Crippen LogP contribution in [0.25, 0.3) is 0 Å². The number of nitrogens with one attached hydrogen (secondary N) is 1. The first-order valence-corrected chi connectivity index (χ1v) is 6.64. The predicted molar refractivity (Wildman–Crippen MR) is 66.7 cm³/mol. The Morgan fingerprint density at radius 3 is 2.75 bits per heavy atom. The summed E-state index contributed by atoms with van der Waals surface area (Å²) < 4.78 is 0. The number of hydrogen-bond acceptors (Lipinski definition) is 1. The molecule has 1 fully saturated rings. The molecule has 2 heterocycles. The van der Waals surface area contributed by atoms with Gasteiger partial charge in [0.2, 0.25) is 0 Å². The van der Waals surface area contributed by atoms with Gasteiger partial charge in [-0.1, -0.05) is 19.4 Å². The van der Waals surface area contributed by atoms with Gasteiger partial charge in [0.15, 0.2) is 0 Å². The highest BCUT2D eigenvalue weighted by Gasteiger charge is 2.23. The topological polar surface area (TPSA) is 17.3 Å². The number of hydrogen-bond donors (Lipinski definition) is 1. The van der Waals surface area contributed by atoms with Gasteiger partial charge in [0.05, 0.1) is 19.6 Å². The van der Waals surface area contributed by atoms with Crippen molar-refractivity contribution in [1.29, 1.82) is 0 Å². The number of quaternary nitrogens is 1. The average Bonchev–Trinajstić information content (AvgIpc) is 2.38. The third-order valence-corrected chi connectivity index (χ3v) is 3.68. The van der Waals surface area contributed by atoms with Gasteiger partial charge in [0, 0.05) is 30.7 Å². The monoisotopic (exact) mass is 219 g/mol. The van der Waals surface area contributed by atoms with Crippen molar-refractivity contribution >= 4 is 0 Å². The summed E-state index contributed by atoms with van der Waals surface area (Å²) in [5.74, 6) is 0.714. The summed E-state index contributed by atoms with van der Waals surface area (Å²) in [6.07, 6.45) is 7.26. The van der Waals surface area contributed by atoms with Crippen LogP contribution in [0.4, 0.5) is 0 Å². The van der Waals surface area contributed by atoms with E-state index in [4.69, 9.17) is 0 Å². The summed E-state index contributed by atoms with van der Waals surface area (Å²) in [5, 5.41) is 0. The molecule has 2 nitrogen and oxygen atoms in total. The summed E-state index contributed by atoms with van der Waals surface area (Å²) in [6, 6.07) is 6.30. The average molecular weight is 219 g/mol. The van der Waals surface area contributed by atoms with Gasteiger partial charge in [-0.05, 0) is 18.6 Å². The van der Waals surface area contributed by atoms with Crippen molar-refractivity contribution in [1.82, 2.24) is 4.98 Å². The molecule has 1 aromatic heterocycles. The van der Waals surface area contributed by atoms with E-state index in [1.807, 2.05) is 12.3 Å². The molecular weight excluding hydrogens is 196 g/mol. The van der Waals surface area contributed by atoms with E-state index in [0.29, 0.717) is 5.92 Å². The molecule has 0 atom stereocenters.